The van der Waals surface area contributed by atoms with Crippen molar-refractivity contribution in [2.24, 2.45) is 5.73 Å². The molecule has 0 aliphatic rings. The lowest BCUT2D eigenvalue weighted by atomic mass is 9.80. The van der Waals surface area contributed by atoms with Crippen LogP contribution < -0.4 is 11.1 Å². The molecule has 1 unspecified atom stereocenters. The molecular weight excluding hydrogens is 440 g/mol. The topological polar surface area (TPSA) is 98.5 Å². The predicted octanol–water partition coefficient (Wildman–Crippen LogP) is 4.73. The normalized spacial score (nSPS) is 12.0. The maximum Gasteiger partial charge on any atom is 0.408 e. The summed E-state index contributed by atoms with van der Waals surface area (Å²) in [6, 6.07) is 23.2. The average molecular weight is 473 g/mol. The Kier molecular flexibility index (Phi) is 8.42. The first-order valence-electron chi connectivity index (χ1n) is 11.6. The molecule has 0 aliphatic carbocycles. The molecule has 3 N–H and O–H groups in total. The summed E-state index contributed by atoms with van der Waals surface area (Å²) in [4.78, 5) is 38.3. The second kappa shape index (κ2) is 11.5. The number of benzene rings is 3. The smallest absolute Gasteiger partial charge is 0.408 e. The molecule has 0 spiro atoms. The number of Topliss-reactive ketones (excluding diaryl/α,β-unsaturated/α-hetero) is 1. The fraction of sp³-hybridized carbons (Fsp3) is 0.276. The molecular formula is C29H32N2O4. The summed E-state index contributed by atoms with van der Waals surface area (Å²) >= 11 is 0. The van der Waals surface area contributed by atoms with Gasteiger partial charge in [-0.1, -0.05) is 93.6 Å². The van der Waals surface area contributed by atoms with Crippen molar-refractivity contribution >= 4 is 17.8 Å². The third-order valence-corrected chi connectivity index (χ3v) is 5.78. The third-order valence-electron chi connectivity index (χ3n) is 5.78. The summed E-state index contributed by atoms with van der Waals surface area (Å²) in [5.74, 6) is -0.821. The Bertz CT molecular complexity index is 1170. The molecule has 0 bridgehead atoms. The van der Waals surface area contributed by atoms with E-state index in [1.54, 1.807) is 12.1 Å². The molecule has 6 nitrogen and oxygen atoms in total. The zero-order valence-corrected chi connectivity index (χ0v) is 20.4. The first-order chi connectivity index (χ1) is 16.6. The molecule has 0 saturated heterocycles. The van der Waals surface area contributed by atoms with Gasteiger partial charge in [0.15, 0.2) is 5.78 Å². The van der Waals surface area contributed by atoms with E-state index < -0.39 is 18.0 Å². The van der Waals surface area contributed by atoms with Gasteiger partial charge in [-0.25, -0.2) is 4.79 Å². The van der Waals surface area contributed by atoms with E-state index in [1.165, 1.54) is 0 Å². The Labute approximate surface area is 206 Å². The number of nitrogens with two attached hydrogens (primary N) is 1. The van der Waals surface area contributed by atoms with Crippen LogP contribution in [0.3, 0.4) is 0 Å². The van der Waals surface area contributed by atoms with Crippen molar-refractivity contribution in [3.63, 3.8) is 0 Å². The van der Waals surface area contributed by atoms with Crippen molar-refractivity contribution in [2.75, 3.05) is 0 Å². The van der Waals surface area contributed by atoms with E-state index in [1.807, 2.05) is 87.5 Å². The molecule has 3 aromatic rings. The van der Waals surface area contributed by atoms with Gasteiger partial charge in [-0.15, -0.1) is 0 Å². The number of carbonyl (C=O) groups is 3. The molecule has 0 radical (unpaired) electrons. The second-order valence-corrected chi connectivity index (χ2v) is 9.54. The number of amides is 2. The highest BCUT2D eigenvalue weighted by molar-refractivity contribution is 5.98. The van der Waals surface area contributed by atoms with Crippen LogP contribution in [0.15, 0.2) is 78.9 Å². The van der Waals surface area contributed by atoms with Crippen LogP contribution in [0.4, 0.5) is 4.79 Å². The summed E-state index contributed by atoms with van der Waals surface area (Å²) in [6.45, 7) is 6.14. The number of primary amides is 1. The largest absolute Gasteiger partial charge is 0.445 e. The highest BCUT2D eigenvalue weighted by Gasteiger charge is 2.27. The fourth-order valence-corrected chi connectivity index (χ4v) is 4.01. The second-order valence-electron chi connectivity index (χ2n) is 9.54. The van der Waals surface area contributed by atoms with Crippen molar-refractivity contribution in [2.45, 2.75) is 51.7 Å². The number of rotatable bonds is 9. The zero-order chi connectivity index (χ0) is 25.4. The monoisotopic (exact) mass is 472 g/mol. The number of ether oxygens (including phenoxy) is 1. The first-order valence-corrected chi connectivity index (χ1v) is 11.6. The number of carbonyl (C=O) groups excluding carboxylic acids is 3. The molecule has 0 heterocycles. The Hall–Kier alpha value is -3.93. The Morgan fingerprint density at radius 1 is 0.857 bits per heavy atom. The number of nitrogens with one attached hydrogen (secondary N) is 1. The van der Waals surface area contributed by atoms with Gasteiger partial charge < -0.3 is 15.8 Å². The minimum absolute atomic E-state index is 0.0395. The van der Waals surface area contributed by atoms with Crippen molar-refractivity contribution in [3.8, 4) is 0 Å². The molecule has 0 saturated carbocycles. The zero-order valence-electron chi connectivity index (χ0n) is 20.4. The molecule has 35 heavy (non-hydrogen) atoms. The van der Waals surface area contributed by atoms with Gasteiger partial charge in [-0.2, -0.15) is 0 Å². The van der Waals surface area contributed by atoms with Crippen LogP contribution in [0.5, 0.6) is 0 Å². The van der Waals surface area contributed by atoms with E-state index in [9.17, 15) is 14.4 Å². The molecule has 182 valence electrons. The maximum atomic E-state index is 13.6. The Balaban J connectivity index is 1.84. The van der Waals surface area contributed by atoms with E-state index in [-0.39, 0.29) is 24.2 Å². The lowest BCUT2D eigenvalue weighted by Gasteiger charge is -2.25. The van der Waals surface area contributed by atoms with Crippen LogP contribution in [0.25, 0.3) is 0 Å². The third kappa shape index (κ3) is 7.27. The Morgan fingerprint density at radius 2 is 1.46 bits per heavy atom. The summed E-state index contributed by atoms with van der Waals surface area (Å²) in [5.41, 5.74) is 8.85. The van der Waals surface area contributed by atoms with Gasteiger partial charge in [-0.05, 0) is 40.2 Å². The van der Waals surface area contributed by atoms with Crippen LogP contribution in [-0.2, 0) is 34.4 Å². The fourth-order valence-electron chi connectivity index (χ4n) is 4.01. The minimum atomic E-state index is -0.838. The van der Waals surface area contributed by atoms with Gasteiger partial charge in [0.05, 0.1) is 6.04 Å². The summed E-state index contributed by atoms with van der Waals surface area (Å²) in [5, 5.41) is 2.74. The Morgan fingerprint density at radius 3 is 2.03 bits per heavy atom. The maximum absolute atomic E-state index is 13.6. The van der Waals surface area contributed by atoms with Gasteiger partial charge in [0, 0.05) is 12.0 Å². The standard InChI is InChI=1S/C29H32N2O4/c1-29(2,3)24-16-10-15-22(27(30)33)23(24)18-26(32)25(17-20-11-6-4-7-12-20)31-28(34)35-19-21-13-8-5-9-14-21/h4-16,25H,17-19H2,1-3H3,(H2,30,33)(H,31,34). The number of hydrogen-bond donors (Lipinski definition) is 2. The van der Waals surface area contributed by atoms with E-state index in [0.717, 1.165) is 16.7 Å². The van der Waals surface area contributed by atoms with Gasteiger partial charge in [-0.3, -0.25) is 9.59 Å². The van der Waals surface area contributed by atoms with Crippen molar-refractivity contribution in [1.29, 1.82) is 0 Å². The lowest BCUT2D eigenvalue weighted by Crippen LogP contribution is -2.43. The van der Waals surface area contributed by atoms with Crippen LogP contribution in [0.1, 0.15) is 53.4 Å². The molecule has 0 aromatic heterocycles. The van der Waals surface area contributed by atoms with E-state index >= 15 is 0 Å². The number of alkyl carbamates (subject to hydrolysis) is 1. The van der Waals surface area contributed by atoms with E-state index in [4.69, 9.17) is 10.5 Å². The molecule has 0 aliphatic heterocycles. The van der Waals surface area contributed by atoms with Crippen molar-refractivity contribution in [1.82, 2.24) is 5.32 Å². The van der Waals surface area contributed by atoms with Gasteiger partial charge in [0.2, 0.25) is 5.91 Å². The predicted molar refractivity (Wildman–Crippen MR) is 136 cm³/mol. The number of ketones is 1. The lowest BCUT2D eigenvalue weighted by molar-refractivity contribution is -0.120. The quantitative estimate of drug-likeness (QED) is 0.470. The van der Waals surface area contributed by atoms with E-state index in [0.29, 0.717) is 17.5 Å². The van der Waals surface area contributed by atoms with Crippen molar-refractivity contribution in [3.05, 3.63) is 107 Å². The van der Waals surface area contributed by atoms with Gasteiger partial charge in [0.25, 0.3) is 0 Å². The van der Waals surface area contributed by atoms with Gasteiger partial charge >= 0.3 is 6.09 Å². The minimum Gasteiger partial charge on any atom is -0.445 e. The van der Waals surface area contributed by atoms with Gasteiger partial charge in [0.1, 0.15) is 6.61 Å². The molecule has 6 heteroatoms. The van der Waals surface area contributed by atoms with Crippen LogP contribution in [-0.4, -0.2) is 23.8 Å². The highest BCUT2D eigenvalue weighted by atomic mass is 16.5. The highest BCUT2D eigenvalue weighted by Crippen LogP contribution is 2.29. The van der Waals surface area contributed by atoms with Crippen molar-refractivity contribution < 1.29 is 19.1 Å². The summed E-state index contributed by atoms with van der Waals surface area (Å²) in [7, 11) is 0. The van der Waals surface area contributed by atoms with Crippen LogP contribution in [0, 0.1) is 0 Å². The number of hydrogen-bond acceptors (Lipinski definition) is 4. The first kappa shape index (κ1) is 25.7. The molecule has 1 atom stereocenters. The van der Waals surface area contributed by atoms with E-state index in [2.05, 4.69) is 5.32 Å². The summed E-state index contributed by atoms with van der Waals surface area (Å²) < 4.78 is 5.36. The molecule has 3 rings (SSSR count). The average Bonchev–Trinajstić information content (AvgIpc) is 2.83. The van der Waals surface area contributed by atoms with Crippen LogP contribution in [0.2, 0.25) is 0 Å². The molecule has 0 fully saturated rings. The SMILES string of the molecule is CC(C)(C)c1cccc(C(N)=O)c1CC(=O)C(Cc1ccccc1)NC(=O)OCc1ccccc1. The molecule has 2 amide bonds. The van der Waals surface area contributed by atoms with Crippen LogP contribution >= 0.6 is 0 Å². The molecule has 3 aromatic carbocycles. The summed E-state index contributed by atoms with van der Waals surface area (Å²) in [6.07, 6.45) is -0.423.